The fraction of sp³-hybridized carbons (Fsp3) is 0.571. The second kappa shape index (κ2) is 5.46. The summed E-state index contributed by atoms with van der Waals surface area (Å²) in [5, 5.41) is 8.91. The van der Waals surface area contributed by atoms with Gasteiger partial charge in [0.2, 0.25) is 0 Å². The third-order valence-electron chi connectivity index (χ3n) is 3.35. The van der Waals surface area contributed by atoms with Gasteiger partial charge in [0.1, 0.15) is 0 Å². The van der Waals surface area contributed by atoms with Gasteiger partial charge in [-0.15, -0.1) is 0 Å². The summed E-state index contributed by atoms with van der Waals surface area (Å²) in [6.07, 6.45) is 2.39. The molecule has 0 radical (unpaired) electrons. The van der Waals surface area contributed by atoms with Gasteiger partial charge in [-0.2, -0.15) is 0 Å². The molecule has 1 aliphatic rings. The van der Waals surface area contributed by atoms with E-state index in [9.17, 15) is 0 Å². The lowest BCUT2D eigenvalue weighted by atomic mass is 10.0. The second-order valence-corrected chi connectivity index (χ2v) is 4.90. The Morgan fingerprint density at radius 3 is 2.56 bits per heavy atom. The lowest BCUT2D eigenvalue weighted by molar-refractivity contribution is 0.0533. The summed E-state index contributed by atoms with van der Waals surface area (Å²) in [6, 6.07) is 8.81. The van der Waals surface area contributed by atoms with Gasteiger partial charge in [-0.05, 0) is 31.9 Å². The van der Waals surface area contributed by atoms with Crippen molar-refractivity contribution >= 4 is 0 Å². The maximum atomic E-state index is 8.91. The quantitative estimate of drug-likeness (QED) is 0.817. The van der Waals surface area contributed by atoms with Crippen molar-refractivity contribution in [3.05, 3.63) is 35.4 Å². The molecule has 1 aromatic rings. The molecule has 1 heterocycles. The summed E-state index contributed by atoms with van der Waals surface area (Å²) in [5.74, 6) is 0.541. The Hall–Kier alpha value is -0.860. The summed E-state index contributed by atoms with van der Waals surface area (Å²) < 4.78 is 0. The monoisotopic (exact) mass is 219 g/mol. The third kappa shape index (κ3) is 3.06. The Morgan fingerprint density at radius 1 is 1.25 bits per heavy atom. The molecule has 0 amide bonds. The van der Waals surface area contributed by atoms with E-state index in [1.54, 1.807) is 0 Å². The smallest absolute Gasteiger partial charge is 0.0483 e. The highest BCUT2D eigenvalue weighted by Gasteiger charge is 2.24. The van der Waals surface area contributed by atoms with Crippen LogP contribution in [0.15, 0.2) is 24.3 Å². The zero-order valence-electron chi connectivity index (χ0n) is 10.0. The fourth-order valence-corrected chi connectivity index (χ4v) is 2.24. The number of likely N-dealkylation sites (tertiary alicyclic amines) is 1. The van der Waals surface area contributed by atoms with Gasteiger partial charge < -0.3 is 10.0 Å². The van der Waals surface area contributed by atoms with Gasteiger partial charge in [-0.3, -0.25) is 0 Å². The summed E-state index contributed by atoms with van der Waals surface area (Å²) in [6.45, 7) is 5.83. The number of aliphatic hydroxyl groups excluding tert-OH is 1. The van der Waals surface area contributed by atoms with Crippen molar-refractivity contribution in [2.45, 2.75) is 19.8 Å². The molecule has 1 aromatic carbocycles. The van der Waals surface area contributed by atoms with Crippen molar-refractivity contribution in [1.29, 1.82) is 0 Å². The minimum absolute atomic E-state index is 0.356. The minimum atomic E-state index is 0.356. The molecule has 0 bridgehead atoms. The Morgan fingerprint density at radius 2 is 1.94 bits per heavy atom. The Bertz CT molecular complexity index is 314. The molecule has 0 spiro atoms. The van der Waals surface area contributed by atoms with Crippen molar-refractivity contribution in [2.75, 3.05) is 26.2 Å². The van der Waals surface area contributed by atoms with E-state index in [4.69, 9.17) is 5.11 Å². The van der Waals surface area contributed by atoms with Gasteiger partial charge in [0, 0.05) is 25.6 Å². The van der Waals surface area contributed by atoms with Crippen molar-refractivity contribution in [2.24, 2.45) is 5.92 Å². The molecular formula is C14H21NO. The van der Waals surface area contributed by atoms with Crippen LogP contribution in [0.5, 0.6) is 0 Å². The first-order valence-electron chi connectivity index (χ1n) is 6.16. The van der Waals surface area contributed by atoms with E-state index in [0.717, 1.165) is 13.1 Å². The lowest BCUT2D eigenvalue weighted by Crippen LogP contribution is -2.48. The fourth-order valence-electron chi connectivity index (χ4n) is 2.24. The number of rotatable bonds is 5. The number of hydrogen-bond donors (Lipinski definition) is 1. The van der Waals surface area contributed by atoms with Crippen LogP contribution in [0.25, 0.3) is 0 Å². The standard InChI is InChI=1S/C14H21NO/c1-12-4-6-13(7-5-12)3-2-8-15-9-14(10-15)11-16/h4-7,14,16H,2-3,8-11H2,1H3. The maximum Gasteiger partial charge on any atom is 0.0483 e. The average Bonchev–Trinajstić information content (AvgIpc) is 2.24. The maximum absolute atomic E-state index is 8.91. The number of hydrogen-bond acceptors (Lipinski definition) is 2. The number of benzene rings is 1. The zero-order chi connectivity index (χ0) is 11.4. The molecule has 1 aliphatic heterocycles. The molecule has 2 nitrogen and oxygen atoms in total. The van der Waals surface area contributed by atoms with Gasteiger partial charge in [0.25, 0.3) is 0 Å². The Labute approximate surface area is 97.9 Å². The molecule has 0 unspecified atom stereocenters. The van der Waals surface area contributed by atoms with Gasteiger partial charge in [-0.25, -0.2) is 0 Å². The molecular weight excluding hydrogens is 198 g/mol. The van der Waals surface area contributed by atoms with Crippen LogP contribution >= 0.6 is 0 Å². The first-order chi connectivity index (χ1) is 7.78. The highest BCUT2D eigenvalue weighted by atomic mass is 16.3. The van der Waals surface area contributed by atoms with E-state index >= 15 is 0 Å². The predicted octanol–water partition coefficient (Wildman–Crippen LogP) is 1.85. The lowest BCUT2D eigenvalue weighted by Gasteiger charge is -2.38. The number of nitrogens with zero attached hydrogens (tertiary/aromatic N) is 1. The van der Waals surface area contributed by atoms with E-state index in [1.807, 2.05) is 0 Å². The molecule has 2 rings (SSSR count). The molecule has 0 saturated carbocycles. The van der Waals surface area contributed by atoms with Gasteiger partial charge in [0.15, 0.2) is 0 Å². The average molecular weight is 219 g/mol. The van der Waals surface area contributed by atoms with E-state index in [-0.39, 0.29) is 0 Å². The molecule has 1 saturated heterocycles. The van der Waals surface area contributed by atoms with Crippen LogP contribution in [0, 0.1) is 12.8 Å². The zero-order valence-corrected chi connectivity index (χ0v) is 10.0. The normalized spacial score (nSPS) is 17.4. The van der Waals surface area contributed by atoms with E-state index in [0.29, 0.717) is 12.5 Å². The van der Waals surface area contributed by atoms with Crippen LogP contribution in [0.2, 0.25) is 0 Å². The van der Waals surface area contributed by atoms with Gasteiger partial charge in [-0.1, -0.05) is 29.8 Å². The summed E-state index contributed by atoms with van der Waals surface area (Å²) >= 11 is 0. The number of aryl methyl sites for hydroxylation is 2. The summed E-state index contributed by atoms with van der Waals surface area (Å²) in [4.78, 5) is 2.43. The summed E-state index contributed by atoms with van der Waals surface area (Å²) in [5.41, 5.74) is 2.77. The first-order valence-corrected chi connectivity index (χ1v) is 6.16. The molecule has 0 aliphatic carbocycles. The van der Waals surface area contributed by atoms with Crippen molar-refractivity contribution in [1.82, 2.24) is 4.90 Å². The Balaban J connectivity index is 1.63. The van der Waals surface area contributed by atoms with E-state index in [1.165, 1.54) is 30.5 Å². The predicted molar refractivity (Wildman–Crippen MR) is 66.5 cm³/mol. The third-order valence-corrected chi connectivity index (χ3v) is 3.35. The van der Waals surface area contributed by atoms with Crippen LogP contribution in [-0.4, -0.2) is 36.2 Å². The van der Waals surface area contributed by atoms with E-state index < -0.39 is 0 Å². The van der Waals surface area contributed by atoms with E-state index in [2.05, 4.69) is 36.1 Å². The van der Waals surface area contributed by atoms with Crippen LogP contribution in [-0.2, 0) is 6.42 Å². The highest BCUT2D eigenvalue weighted by molar-refractivity contribution is 5.21. The highest BCUT2D eigenvalue weighted by Crippen LogP contribution is 2.15. The first kappa shape index (κ1) is 11.6. The summed E-state index contributed by atoms with van der Waals surface area (Å²) in [7, 11) is 0. The second-order valence-electron chi connectivity index (χ2n) is 4.90. The van der Waals surface area contributed by atoms with Crippen molar-refractivity contribution < 1.29 is 5.11 Å². The van der Waals surface area contributed by atoms with Gasteiger partial charge in [0.05, 0.1) is 0 Å². The van der Waals surface area contributed by atoms with Gasteiger partial charge >= 0.3 is 0 Å². The van der Waals surface area contributed by atoms with Crippen molar-refractivity contribution in [3.8, 4) is 0 Å². The topological polar surface area (TPSA) is 23.5 Å². The molecule has 0 aromatic heterocycles. The van der Waals surface area contributed by atoms with Crippen LogP contribution in [0.1, 0.15) is 17.5 Å². The molecule has 16 heavy (non-hydrogen) atoms. The molecule has 0 atom stereocenters. The Kier molecular flexibility index (Phi) is 3.97. The SMILES string of the molecule is Cc1ccc(CCCN2CC(CO)C2)cc1. The van der Waals surface area contributed by atoms with Crippen molar-refractivity contribution in [3.63, 3.8) is 0 Å². The van der Waals surface area contributed by atoms with Crippen LogP contribution in [0.3, 0.4) is 0 Å². The largest absolute Gasteiger partial charge is 0.396 e. The van der Waals surface area contributed by atoms with Crippen LogP contribution < -0.4 is 0 Å². The van der Waals surface area contributed by atoms with Crippen LogP contribution in [0.4, 0.5) is 0 Å². The molecule has 1 N–H and O–H groups in total. The molecule has 88 valence electrons. The molecule has 1 fully saturated rings. The molecule has 2 heteroatoms. The minimum Gasteiger partial charge on any atom is -0.396 e. The number of aliphatic hydroxyl groups is 1.